The van der Waals surface area contributed by atoms with Crippen LogP contribution >= 0.6 is 0 Å². The lowest BCUT2D eigenvalue weighted by atomic mass is 9.88. The summed E-state index contributed by atoms with van der Waals surface area (Å²) in [6.07, 6.45) is 3.32. The Labute approximate surface area is 94.2 Å². The Bertz CT molecular complexity index is 230. The van der Waals surface area contributed by atoms with Crippen LogP contribution in [0.25, 0.3) is 0 Å². The minimum atomic E-state index is -0.225. The quantitative estimate of drug-likeness (QED) is 0.666. The van der Waals surface area contributed by atoms with Crippen molar-refractivity contribution in [2.24, 2.45) is 5.92 Å². The van der Waals surface area contributed by atoms with Crippen molar-refractivity contribution in [1.29, 1.82) is 0 Å². The summed E-state index contributed by atoms with van der Waals surface area (Å²) in [5.74, 6) is 2.62. The van der Waals surface area contributed by atoms with Crippen LogP contribution in [-0.4, -0.2) is 18.3 Å². The third kappa shape index (κ3) is 2.85. The molecule has 1 aliphatic heterocycles. The van der Waals surface area contributed by atoms with Gasteiger partial charge in [-0.05, 0) is 33.6 Å². The van der Waals surface area contributed by atoms with Crippen LogP contribution in [0.5, 0.6) is 0 Å². The topological polar surface area (TPSA) is 18.5 Å². The van der Waals surface area contributed by atoms with Gasteiger partial charge >= 0.3 is 7.12 Å². The van der Waals surface area contributed by atoms with Crippen LogP contribution < -0.4 is 0 Å². The Kier molecular flexibility index (Phi) is 3.67. The molecular weight excluding hydrogens is 187 g/mol. The van der Waals surface area contributed by atoms with Crippen LogP contribution in [0.2, 0.25) is 0 Å². The second-order valence-electron chi connectivity index (χ2n) is 5.40. The molecule has 1 rings (SSSR count). The van der Waals surface area contributed by atoms with Crippen LogP contribution in [0.4, 0.5) is 0 Å². The molecule has 2 nitrogen and oxygen atoms in total. The van der Waals surface area contributed by atoms with Gasteiger partial charge in [0.25, 0.3) is 0 Å². The second-order valence-corrected chi connectivity index (χ2v) is 5.40. The average molecular weight is 210 g/mol. The average Bonchev–Trinajstić information content (AvgIpc) is 2.31. The van der Waals surface area contributed by atoms with Crippen molar-refractivity contribution in [3.63, 3.8) is 0 Å². The number of rotatable bonds is 3. The molecule has 0 N–H and O–H groups in total. The van der Waals surface area contributed by atoms with E-state index in [-0.39, 0.29) is 18.3 Å². The molecule has 0 amide bonds. The van der Waals surface area contributed by atoms with E-state index < -0.39 is 0 Å². The Balaban J connectivity index is 2.60. The smallest absolute Gasteiger partial charge is 0.400 e. The number of allylic oxidation sites excluding steroid dienone is 1. The molecule has 1 aliphatic rings. The molecule has 0 aliphatic carbocycles. The van der Waals surface area contributed by atoms with Gasteiger partial charge in [-0.3, -0.25) is 0 Å². The van der Waals surface area contributed by atoms with Gasteiger partial charge in [-0.2, -0.15) is 0 Å². The molecule has 0 bridgehead atoms. The molecule has 0 spiro atoms. The van der Waals surface area contributed by atoms with Crippen molar-refractivity contribution in [1.82, 2.24) is 0 Å². The Hall–Kier alpha value is -0.275. The Morgan fingerprint density at radius 2 is 1.60 bits per heavy atom. The van der Waals surface area contributed by atoms with Gasteiger partial charge in [-0.15, -0.1) is 0 Å². The molecule has 1 unspecified atom stereocenters. The third-order valence-electron chi connectivity index (χ3n) is 3.51. The lowest BCUT2D eigenvalue weighted by Gasteiger charge is -2.32. The fourth-order valence-electron chi connectivity index (χ4n) is 1.38. The molecule has 15 heavy (non-hydrogen) atoms. The molecule has 1 fully saturated rings. The molecule has 0 aromatic heterocycles. The van der Waals surface area contributed by atoms with Gasteiger partial charge < -0.3 is 9.31 Å². The normalized spacial score (nSPS) is 26.1. The van der Waals surface area contributed by atoms with Crippen LogP contribution in [-0.2, 0) is 9.31 Å². The summed E-state index contributed by atoms with van der Waals surface area (Å²) in [5.41, 5.74) is -0.449. The summed E-state index contributed by atoms with van der Waals surface area (Å²) in [4.78, 5) is 0. The zero-order valence-electron chi connectivity index (χ0n) is 10.8. The lowest BCUT2D eigenvalue weighted by molar-refractivity contribution is 0.00578. The van der Waals surface area contributed by atoms with Crippen molar-refractivity contribution in [2.45, 2.75) is 59.2 Å². The lowest BCUT2D eigenvalue weighted by Crippen LogP contribution is -2.41. The fourth-order valence-corrected chi connectivity index (χ4v) is 1.38. The van der Waals surface area contributed by atoms with E-state index in [0.717, 1.165) is 6.42 Å². The summed E-state index contributed by atoms with van der Waals surface area (Å²) < 4.78 is 11.7. The minimum Gasteiger partial charge on any atom is -0.400 e. The largest absolute Gasteiger partial charge is 0.486 e. The molecule has 3 heteroatoms. The highest BCUT2D eigenvalue weighted by atomic mass is 16.7. The predicted molar refractivity (Wildman–Crippen MR) is 64.7 cm³/mol. The van der Waals surface area contributed by atoms with Gasteiger partial charge in [-0.1, -0.05) is 32.3 Å². The zero-order chi connectivity index (χ0) is 11.7. The Morgan fingerprint density at radius 1 is 1.13 bits per heavy atom. The van der Waals surface area contributed by atoms with Crippen molar-refractivity contribution in [3.8, 4) is 0 Å². The summed E-state index contributed by atoms with van der Waals surface area (Å²) >= 11 is 0. The summed E-state index contributed by atoms with van der Waals surface area (Å²) in [6.45, 7) is 12.7. The van der Waals surface area contributed by atoms with E-state index in [4.69, 9.17) is 9.31 Å². The van der Waals surface area contributed by atoms with Crippen LogP contribution in [0.15, 0.2) is 12.1 Å². The molecular formula is C12H23BO2. The van der Waals surface area contributed by atoms with Crippen molar-refractivity contribution in [2.75, 3.05) is 0 Å². The van der Waals surface area contributed by atoms with Crippen molar-refractivity contribution >= 4 is 7.12 Å². The van der Waals surface area contributed by atoms with E-state index >= 15 is 0 Å². The first-order valence-electron chi connectivity index (χ1n) is 5.82. The molecule has 86 valence electrons. The first-order chi connectivity index (χ1) is 6.78. The molecule has 0 aromatic carbocycles. The molecule has 0 saturated carbocycles. The first-order valence-corrected chi connectivity index (χ1v) is 5.82. The van der Waals surface area contributed by atoms with Gasteiger partial charge in [0, 0.05) is 0 Å². The summed E-state index contributed by atoms with van der Waals surface area (Å²) in [7, 11) is -0.191. The summed E-state index contributed by atoms with van der Waals surface area (Å²) in [5, 5.41) is 0. The van der Waals surface area contributed by atoms with E-state index in [1.54, 1.807) is 0 Å². The molecule has 1 atom stereocenters. The highest BCUT2D eigenvalue weighted by Crippen LogP contribution is 2.36. The van der Waals surface area contributed by atoms with E-state index in [1.165, 1.54) is 0 Å². The maximum absolute atomic E-state index is 5.85. The van der Waals surface area contributed by atoms with Gasteiger partial charge in [-0.25, -0.2) is 0 Å². The van der Waals surface area contributed by atoms with Gasteiger partial charge in [0.15, 0.2) is 0 Å². The van der Waals surface area contributed by atoms with Crippen LogP contribution in [0.1, 0.15) is 48.0 Å². The maximum Gasteiger partial charge on any atom is 0.486 e. The minimum absolute atomic E-state index is 0.191. The fraction of sp³-hybridized carbons (Fsp3) is 0.833. The molecule has 1 saturated heterocycles. The highest BCUT2D eigenvalue weighted by molar-refractivity contribution is 6.51. The molecule has 0 radical (unpaired) electrons. The standard InChI is InChI=1S/C12H23BO2/c1-7-10(2)8-9-13-14-11(3,4)12(5,6)15-13/h8-10H,7H2,1-6H3. The number of hydrogen-bond donors (Lipinski definition) is 0. The Morgan fingerprint density at radius 3 is 2.00 bits per heavy atom. The van der Waals surface area contributed by atoms with Gasteiger partial charge in [0.05, 0.1) is 11.2 Å². The third-order valence-corrected chi connectivity index (χ3v) is 3.51. The predicted octanol–water partition coefficient (Wildman–Crippen LogP) is 3.22. The van der Waals surface area contributed by atoms with Crippen molar-refractivity contribution < 1.29 is 9.31 Å². The van der Waals surface area contributed by atoms with E-state index in [1.807, 2.05) is 5.98 Å². The van der Waals surface area contributed by atoms with Crippen LogP contribution in [0.3, 0.4) is 0 Å². The van der Waals surface area contributed by atoms with E-state index in [0.29, 0.717) is 5.92 Å². The van der Waals surface area contributed by atoms with E-state index in [2.05, 4.69) is 47.6 Å². The van der Waals surface area contributed by atoms with Gasteiger partial charge in [0.1, 0.15) is 0 Å². The van der Waals surface area contributed by atoms with Crippen molar-refractivity contribution in [3.05, 3.63) is 12.1 Å². The zero-order valence-corrected chi connectivity index (χ0v) is 10.8. The van der Waals surface area contributed by atoms with Crippen LogP contribution in [0, 0.1) is 5.92 Å². The van der Waals surface area contributed by atoms with E-state index in [9.17, 15) is 0 Å². The highest BCUT2D eigenvalue weighted by Gasteiger charge is 2.49. The monoisotopic (exact) mass is 210 g/mol. The first kappa shape index (κ1) is 12.8. The summed E-state index contributed by atoms with van der Waals surface area (Å²) in [6, 6.07) is 0. The maximum atomic E-state index is 5.85. The molecule has 0 aromatic rings. The second kappa shape index (κ2) is 4.30. The van der Waals surface area contributed by atoms with Gasteiger partial charge in [0.2, 0.25) is 0 Å². The molecule has 1 heterocycles. The SMILES string of the molecule is CCC(C)C=CB1OC(C)(C)C(C)(C)O1. The number of hydrogen-bond acceptors (Lipinski definition) is 2.